The average Bonchev–Trinajstić information content (AvgIpc) is 2.92. The van der Waals surface area contributed by atoms with Crippen molar-refractivity contribution in [2.75, 3.05) is 12.5 Å². The summed E-state index contributed by atoms with van der Waals surface area (Å²) >= 11 is 16.8. The van der Waals surface area contributed by atoms with Crippen LogP contribution < -0.4 is 0 Å². The number of hydrogen-bond donors (Lipinski definition) is 0. The van der Waals surface area contributed by atoms with Crippen LogP contribution in [-0.4, -0.2) is 12.5 Å². The molecule has 0 atom stereocenters. The first-order valence-electron chi connectivity index (χ1n) is 4.58. The molecule has 0 amide bonds. The lowest BCUT2D eigenvalue weighted by atomic mass is 10.5. The van der Waals surface area contributed by atoms with Crippen LogP contribution in [0.5, 0.6) is 0 Å². The highest BCUT2D eigenvalue weighted by Gasteiger charge is 2.20. The molecule has 0 bridgehead atoms. The highest BCUT2D eigenvalue weighted by atomic mass is 79.9. The minimum absolute atomic E-state index is 1.27. The van der Waals surface area contributed by atoms with Gasteiger partial charge in [-0.05, 0) is 44.4 Å². The first-order valence-corrected chi connectivity index (χ1v) is 11.1. The van der Waals surface area contributed by atoms with Gasteiger partial charge in [-0.2, -0.15) is 0 Å². The quantitative estimate of drug-likeness (QED) is 0.384. The van der Waals surface area contributed by atoms with Crippen molar-refractivity contribution in [2.24, 2.45) is 0 Å². The minimum Gasteiger partial charge on any atom is -0.131 e. The largest absolute Gasteiger partial charge is 0.131 e. The van der Waals surface area contributed by atoms with E-state index in [0.717, 1.165) is 0 Å². The number of thiophene rings is 3. The van der Waals surface area contributed by atoms with Crippen LogP contribution in [0, 0.1) is 0 Å². The fraction of sp³-hybridized carbons (Fsp3) is 0.200. The SMILES string of the molecule is CSc1sc2c(sc3c(Br)c(SC)sc32)c1Br. The van der Waals surface area contributed by atoms with E-state index in [-0.39, 0.29) is 0 Å². The van der Waals surface area contributed by atoms with Gasteiger partial charge < -0.3 is 0 Å². The summed E-state index contributed by atoms with van der Waals surface area (Å²) in [6.07, 6.45) is 4.27. The Morgan fingerprint density at radius 1 is 0.706 bits per heavy atom. The molecule has 0 aliphatic rings. The van der Waals surface area contributed by atoms with Gasteiger partial charge in [0, 0.05) is 0 Å². The highest BCUT2D eigenvalue weighted by Crippen LogP contribution is 2.54. The van der Waals surface area contributed by atoms with Gasteiger partial charge in [0.05, 0.1) is 36.2 Å². The lowest BCUT2D eigenvalue weighted by Gasteiger charge is -1.89. The third kappa shape index (κ3) is 1.97. The maximum absolute atomic E-state index is 3.72. The molecule has 0 saturated carbocycles. The molecule has 0 aromatic carbocycles. The van der Waals surface area contributed by atoms with Crippen molar-refractivity contribution in [3.8, 4) is 0 Å². The summed E-state index contributed by atoms with van der Waals surface area (Å²) in [5.74, 6) is 0. The number of fused-ring (bicyclic) bond motifs is 3. The second-order valence-corrected chi connectivity index (χ2v) is 10.0. The van der Waals surface area contributed by atoms with Crippen LogP contribution in [0.15, 0.2) is 17.4 Å². The summed E-state index contributed by atoms with van der Waals surface area (Å²) in [4.78, 5) is 0. The second kappa shape index (κ2) is 5.00. The van der Waals surface area contributed by atoms with Gasteiger partial charge in [-0.3, -0.25) is 0 Å². The Morgan fingerprint density at radius 3 is 1.47 bits per heavy atom. The smallest absolute Gasteiger partial charge is 0.0760 e. The third-order valence-electron chi connectivity index (χ3n) is 2.34. The first-order chi connectivity index (χ1) is 8.17. The Hall–Kier alpha value is 1.28. The van der Waals surface area contributed by atoms with Crippen LogP contribution in [0.25, 0.3) is 18.8 Å². The summed E-state index contributed by atoms with van der Waals surface area (Å²) in [5, 5.41) is 0. The zero-order valence-electron chi connectivity index (χ0n) is 8.80. The van der Waals surface area contributed by atoms with E-state index in [9.17, 15) is 0 Å². The molecule has 17 heavy (non-hydrogen) atoms. The molecule has 3 rings (SSSR count). The van der Waals surface area contributed by atoms with Crippen LogP contribution in [0.4, 0.5) is 0 Å². The Kier molecular flexibility index (Phi) is 3.90. The van der Waals surface area contributed by atoms with Crippen LogP contribution in [0.1, 0.15) is 0 Å². The maximum Gasteiger partial charge on any atom is 0.0760 e. The van der Waals surface area contributed by atoms with Crippen molar-refractivity contribution < 1.29 is 0 Å². The first kappa shape index (κ1) is 13.3. The number of rotatable bonds is 2. The standard InChI is InChI=1S/C10H6Br2S5/c1-13-9-3(11)5-7(16-9)8-6(15-5)4(12)10(14-2)17-8/h1-2H3. The molecule has 7 heteroatoms. The van der Waals surface area contributed by atoms with Crippen molar-refractivity contribution in [3.63, 3.8) is 0 Å². The predicted octanol–water partition coefficient (Wildman–Crippen LogP) is 7.15. The summed E-state index contributed by atoms with van der Waals surface area (Å²) < 4.78 is 11.0. The van der Waals surface area contributed by atoms with Crippen molar-refractivity contribution >= 4 is 108 Å². The van der Waals surface area contributed by atoms with E-state index < -0.39 is 0 Å². The molecule has 0 nitrogen and oxygen atoms in total. The second-order valence-electron chi connectivity index (χ2n) is 3.23. The van der Waals surface area contributed by atoms with Gasteiger partial charge in [-0.25, -0.2) is 0 Å². The van der Waals surface area contributed by atoms with E-state index in [1.54, 1.807) is 0 Å². The van der Waals surface area contributed by atoms with E-state index in [1.807, 2.05) is 57.5 Å². The molecule has 0 fully saturated rings. The highest BCUT2D eigenvalue weighted by molar-refractivity contribution is 9.11. The topological polar surface area (TPSA) is 0 Å². The molecule has 0 N–H and O–H groups in total. The molecule has 3 aromatic heterocycles. The normalized spacial score (nSPS) is 12.0. The Morgan fingerprint density at radius 2 is 1.12 bits per heavy atom. The molecule has 0 radical (unpaired) electrons. The Bertz CT molecular complexity index is 646. The monoisotopic (exact) mass is 444 g/mol. The van der Waals surface area contributed by atoms with Crippen molar-refractivity contribution in [2.45, 2.75) is 8.42 Å². The zero-order valence-corrected chi connectivity index (χ0v) is 16.1. The maximum atomic E-state index is 3.72. The van der Waals surface area contributed by atoms with Crippen molar-refractivity contribution in [1.82, 2.24) is 0 Å². The molecule has 0 aliphatic heterocycles. The van der Waals surface area contributed by atoms with Gasteiger partial charge in [-0.1, -0.05) is 0 Å². The fourth-order valence-corrected chi connectivity index (χ4v) is 9.58. The molecule has 3 heterocycles. The number of thioether (sulfide) groups is 2. The van der Waals surface area contributed by atoms with E-state index in [4.69, 9.17) is 0 Å². The number of halogens is 2. The van der Waals surface area contributed by atoms with Crippen LogP contribution in [-0.2, 0) is 0 Å². The Balaban J connectivity index is 2.41. The van der Waals surface area contributed by atoms with Crippen molar-refractivity contribution in [3.05, 3.63) is 8.95 Å². The molecule has 90 valence electrons. The fourth-order valence-electron chi connectivity index (χ4n) is 1.60. The summed E-state index contributed by atoms with van der Waals surface area (Å²) in [6, 6.07) is 0. The van der Waals surface area contributed by atoms with Crippen LogP contribution in [0.3, 0.4) is 0 Å². The average molecular weight is 446 g/mol. The molecule has 0 saturated heterocycles. The molecular formula is C10H6Br2S5. The molecule has 3 aromatic rings. The molecule has 0 unspecified atom stereocenters. The third-order valence-corrected chi connectivity index (χ3v) is 11.8. The van der Waals surface area contributed by atoms with Crippen LogP contribution in [0.2, 0.25) is 0 Å². The number of hydrogen-bond acceptors (Lipinski definition) is 5. The molecule has 0 spiro atoms. The molecular weight excluding hydrogens is 440 g/mol. The van der Waals surface area contributed by atoms with Gasteiger partial charge in [-0.15, -0.1) is 57.5 Å². The lowest BCUT2D eigenvalue weighted by Crippen LogP contribution is -1.58. The lowest BCUT2D eigenvalue weighted by molar-refractivity contribution is 1.70. The van der Waals surface area contributed by atoms with Gasteiger partial charge in [0.15, 0.2) is 0 Å². The predicted molar refractivity (Wildman–Crippen MR) is 94.0 cm³/mol. The van der Waals surface area contributed by atoms with Gasteiger partial charge in [0.1, 0.15) is 0 Å². The van der Waals surface area contributed by atoms with Gasteiger partial charge in [0.2, 0.25) is 0 Å². The van der Waals surface area contributed by atoms with E-state index in [1.165, 1.54) is 36.2 Å². The van der Waals surface area contributed by atoms with Crippen molar-refractivity contribution in [1.29, 1.82) is 0 Å². The Labute approximate surface area is 136 Å². The van der Waals surface area contributed by atoms with E-state index in [0.29, 0.717) is 0 Å². The summed E-state index contributed by atoms with van der Waals surface area (Å²) in [7, 11) is 0. The zero-order chi connectivity index (χ0) is 12.2. The minimum atomic E-state index is 1.27. The van der Waals surface area contributed by atoms with Crippen LogP contribution >= 0.6 is 89.4 Å². The van der Waals surface area contributed by atoms with Gasteiger partial charge >= 0.3 is 0 Å². The summed E-state index contributed by atoms with van der Waals surface area (Å²) in [6.45, 7) is 0. The van der Waals surface area contributed by atoms with E-state index >= 15 is 0 Å². The van der Waals surface area contributed by atoms with E-state index in [2.05, 4.69) is 44.4 Å². The van der Waals surface area contributed by atoms with Gasteiger partial charge in [0.25, 0.3) is 0 Å². The summed E-state index contributed by atoms with van der Waals surface area (Å²) in [5.41, 5.74) is 0. The molecule has 0 aliphatic carbocycles.